The van der Waals surface area contributed by atoms with Gasteiger partial charge in [0.05, 0.1) is 11.8 Å². The molecule has 102 valence electrons. The first-order valence-corrected chi connectivity index (χ1v) is 7.59. The van der Waals surface area contributed by atoms with Gasteiger partial charge < -0.3 is 5.32 Å². The zero-order valence-corrected chi connectivity index (χ0v) is 12.0. The van der Waals surface area contributed by atoms with Crippen LogP contribution in [0.1, 0.15) is 0 Å². The minimum Gasteiger partial charge on any atom is -0.374 e. The van der Waals surface area contributed by atoms with Crippen molar-refractivity contribution < 1.29 is 0 Å². The Kier molecular flexibility index (Phi) is 2.20. The Labute approximate surface area is 128 Å². The molecule has 0 bridgehead atoms. The van der Waals surface area contributed by atoms with Gasteiger partial charge in [-0.3, -0.25) is 4.99 Å². The van der Waals surface area contributed by atoms with Gasteiger partial charge in [-0.05, 0) is 34.9 Å². The summed E-state index contributed by atoms with van der Waals surface area (Å²) in [6.45, 7) is 0. The molecule has 1 heterocycles. The number of nitrogens with one attached hydrogen (secondary N) is 1. The van der Waals surface area contributed by atoms with E-state index in [0.29, 0.717) is 5.92 Å². The van der Waals surface area contributed by atoms with Crippen molar-refractivity contribution in [1.29, 1.82) is 0 Å². The summed E-state index contributed by atoms with van der Waals surface area (Å²) in [5.74, 6) is 0.375. The highest BCUT2D eigenvalue weighted by Crippen LogP contribution is 2.47. The van der Waals surface area contributed by atoms with Crippen molar-refractivity contribution in [2.75, 3.05) is 0 Å². The van der Waals surface area contributed by atoms with Crippen LogP contribution in [0.4, 0.5) is 0 Å². The van der Waals surface area contributed by atoms with E-state index >= 15 is 0 Å². The largest absolute Gasteiger partial charge is 0.374 e. The average molecular weight is 293 g/mol. The first-order valence-electron chi connectivity index (χ1n) is 7.21. The van der Waals surface area contributed by atoms with Crippen LogP contribution in [0.3, 0.4) is 0 Å². The van der Waals surface area contributed by atoms with Crippen molar-refractivity contribution >= 4 is 17.3 Å². The van der Waals surface area contributed by atoms with E-state index in [-0.39, 0.29) is 12.1 Å². The maximum absolute atomic E-state index is 6.12. The number of nitrogens with zero attached hydrogens (tertiary/aromatic N) is 1. The lowest BCUT2D eigenvalue weighted by atomic mass is 9.82. The highest BCUT2D eigenvalue weighted by Gasteiger charge is 2.43. The molecule has 0 spiro atoms. The Bertz CT molecular complexity index is 799. The topological polar surface area (TPSA) is 24.4 Å². The van der Waals surface area contributed by atoms with Crippen LogP contribution in [-0.2, 0) is 0 Å². The third-order valence-electron chi connectivity index (χ3n) is 4.67. The highest BCUT2D eigenvalue weighted by atomic mass is 35.5. The Morgan fingerprint density at radius 3 is 2.90 bits per heavy atom. The molecule has 1 aliphatic heterocycles. The molecule has 3 heteroatoms. The van der Waals surface area contributed by atoms with Gasteiger partial charge >= 0.3 is 0 Å². The van der Waals surface area contributed by atoms with Crippen LogP contribution in [0.25, 0.3) is 0 Å². The van der Waals surface area contributed by atoms with E-state index in [1.807, 2.05) is 18.2 Å². The van der Waals surface area contributed by atoms with Crippen LogP contribution in [0.5, 0.6) is 0 Å². The molecule has 0 fully saturated rings. The first kappa shape index (κ1) is 11.6. The normalized spacial score (nSPS) is 34.2. The van der Waals surface area contributed by atoms with Crippen LogP contribution in [0.15, 0.2) is 87.1 Å². The lowest BCUT2D eigenvalue weighted by Gasteiger charge is -2.30. The van der Waals surface area contributed by atoms with E-state index in [1.165, 1.54) is 22.4 Å². The molecule has 5 aliphatic rings. The number of hydrogen-bond donors (Lipinski definition) is 1. The van der Waals surface area contributed by atoms with Crippen LogP contribution in [0.2, 0.25) is 0 Å². The fourth-order valence-corrected chi connectivity index (χ4v) is 3.96. The second-order valence-corrected chi connectivity index (χ2v) is 6.25. The van der Waals surface area contributed by atoms with Gasteiger partial charge in [0.1, 0.15) is 6.04 Å². The maximum Gasteiger partial charge on any atom is 0.112 e. The van der Waals surface area contributed by atoms with Crippen molar-refractivity contribution in [2.45, 2.75) is 12.1 Å². The molecule has 3 unspecified atom stereocenters. The zero-order chi connectivity index (χ0) is 14.0. The van der Waals surface area contributed by atoms with Gasteiger partial charge in [-0.25, -0.2) is 0 Å². The molecular formula is C18H13ClN2. The number of allylic oxidation sites excluding steroid dienone is 10. The van der Waals surface area contributed by atoms with Gasteiger partial charge in [-0.15, -0.1) is 0 Å². The lowest BCUT2D eigenvalue weighted by Crippen LogP contribution is -2.42. The van der Waals surface area contributed by atoms with E-state index in [9.17, 15) is 0 Å². The predicted molar refractivity (Wildman–Crippen MR) is 86.2 cm³/mol. The molecule has 4 aliphatic carbocycles. The number of aliphatic imine (C=N–C) groups is 1. The van der Waals surface area contributed by atoms with Gasteiger partial charge in [0.2, 0.25) is 0 Å². The van der Waals surface area contributed by atoms with Crippen molar-refractivity contribution in [2.24, 2.45) is 10.9 Å². The molecule has 0 saturated heterocycles. The van der Waals surface area contributed by atoms with Crippen LogP contribution >= 0.6 is 11.6 Å². The summed E-state index contributed by atoms with van der Waals surface area (Å²) < 4.78 is 0. The molecule has 21 heavy (non-hydrogen) atoms. The number of halogens is 1. The standard InChI is InChI=1S/C18H13ClN2/c19-11-7-8-14-15(9-11)21-18-13-6-2-4-10-3-1-5-12(16(10)13)17(18)20-14/h1-9,15-17,21H. The van der Waals surface area contributed by atoms with E-state index in [4.69, 9.17) is 16.6 Å². The molecule has 0 amide bonds. The van der Waals surface area contributed by atoms with Gasteiger partial charge in [0.25, 0.3) is 0 Å². The van der Waals surface area contributed by atoms with Crippen LogP contribution < -0.4 is 5.32 Å². The third kappa shape index (κ3) is 1.51. The molecule has 5 rings (SSSR count). The summed E-state index contributed by atoms with van der Waals surface area (Å²) in [4.78, 5) is 4.99. The van der Waals surface area contributed by atoms with Gasteiger partial charge in [0.15, 0.2) is 0 Å². The summed E-state index contributed by atoms with van der Waals surface area (Å²) in [5, 5.41) is 4.42. The second kappa shape index (κ2) is 3.99. The smallest absolute Gasteiger partial charge is 0.112 e. The zero-order valence-electron chi connectivity index (χ0n) is 11.3. The lowest BCUT2D eigenvalue weighted by molar-refractivity contribution is 0.697. The molecule has 0 radical (unpaired) electrons. The first-order chi connectivity index (χ1) is 10.3. The van der Waals surface area contributed by atoms with E-state index < -0.39 is 0 Å². The summed E-state index contributed by atoms with van der Waals surface area (Å²) >= 11 is 6.12. The number of fused-ring (bicyclic) bond motifs is 3. The van der Waals surface area contributed by atoms with E-state index in [1.54, 1.807) is 0 Å². The Morgan fingerprint density at radius 2 is 1.95 bits per heavy atom. The SMILES string of the molecule is ClC1=CC2NC3=C4C=CC=C5C=CC=C(C3N=C2C=C1)C54. The van der Waals surface area contributed by atoms with Gasteiger partial charge in [-0.1, -0.05) is 48.1 Å². The monoisotopic (exact) mass is 292 g/mol. The minimum atomic E-state index is 0.0951. The fourth-order valence-electron chi connectivity index (χ4n) is 3.77. The minimum absolute atomic E-state index is 0.0951. The van der Waals surface area contributed by atoms with E-state index in [0.717, 1.165) is 10.7 Å². The van der Waals surface area contributed by atoms with E-state index in [2.05, 4.69) is 41.8 Å². The third-order valence-corrected chi connectivity index (χ3v) is 4.92. The predicted octanol–water partition coefficient (Wildman–Crippen LogP) is 3.34. The van der Waals surface area contributed by atoms with Crippen LogP contribution in [0, 0.1) is 5.92 Å². The quantitative estimate of drug-likeness (QED) is 0.727. The summed E-state index contributed by atoms with van der Waals surface area (Å²) in [6.07, 6.45) is 19.1. The Morgan fingerprint density at radius 1 is 1.05 bits per heavy atom. The molecule has 2 nitrogen and oxygen atoms in total. The average Bonchev–Trinajstić information content (AvgIpc) is 2.82. The summed E-state index contributed by atoms with van der Waals surface area (Å²) in [5.41, 5.74) is 6.40. The van der Waals surface area contributed by atoms with Crippen LogP contribution in [-0.4, -0.2) is 17.8 Å². The fraction of sp³-hybridized carbons (Fsp3) is 0.167. The molecule has 1 N–H and O–H groups in total. The van der Waals surface area contributed by atoms with Crippen molar-refractivity contribution in [3.63, 3.8) is 0 Å². The molecule has 0 saturated carbocycles. The molecule has 0 aromatic carbocycles. The van der Waals surface area contributed by atoms with Gasteiger partial charge in [0, 0.05) is 16.6 Å². The van der Waals surface area contributed by atoms with Crippen molar-refractivity contribution in [3.8, 4) is 0 Å². The molecular weight excluding hydrogens is 280 g/mol. The Hall–Kier alpha value is -2.06. The molecule has 0 aromatic heterocycles. The summed E-state index contributed by atoms with van der Waals surface area (Å²) in [7, 11) is 0. The van der Waals surface area contributed by atoms with Gasteiger partial charge in [-0.2, -0.15) is 0 Å². The molecule has 0 aromatic rings. The summed E-state index contributed by atoms with van der Waals surface area (Å²) in [6, 6.07) is 0.222. The van der Waals surface area contributed by atoms with Crippen molar-refractivity contribution in [3.05, 3.63) is 82.1 Å². The molecule has 3 atom stereocenters. The van der Waals surface area contributed by atoms with Crippen molar-refractivity contribution in [1.82, 2.24) is 5.32 Å². The number of hydrogen-bond acceptors (Lipinski definition) is 2. The number of rotatable bonds is 0. The Balaban J connectivity index is 1.70. The highest BCUT2D eigenvalue weighted by molar-refractivity contribution is 6.32. The maximum atomic E-state index is 6.12. The second-order valence-electron chi connectivity index (χ2n) is 5.82.